The van der Waals surface area contributed by atoms with Gasteiger partial charge < -0.3 is 4.42 Å². The molecule has 0 atom stereocenters. The second-order valence-corrected chi connectivity index (χ2v) is 7.55. The number of hydrogen-bond acceptors (Lipinski definition) is 7. The van der Waals surface area contributed by atoms with E-state index in [1.807, 2.05) is 26.0 Å². The molecule has 0 saturated carbocycles. The van der Waals surface area contributed by atoms with Crippen molar-refractivity contribution < 1.29 is 14.1 Å². The SMILES string of the molecule is Cc1cc(C)c2sc(N(Cc3cccnc3)C(=O)c3ccc([N+](=O)[O-])o3)nc2c1. The highest BCUT2D eigenvalue weighted by Crippen LogP contribution is 2.34. The Morgan fingerprint density at radius 3 is 2.79 bits per heavy atom. The largest absolute Gasteiger partial charge is 0.433 e. The van der Waals surface area contributed by atoms with Crippen LogP contribution in [0.5, 0.6) is 0 Å². The van der Waals surface area contributed by atoms with E-state index in [0.717, 1.165) is 26.9 Å². The molecule has 0 N–H and O–H groups in total. The standard InChI is InChI=1S/C20H16N4O4S/c1-12-8-13(2)18-15(9-12)22-20(29-18)23(11-14-4-3-7-21-10-14)19(25)16-5-6-17(28-16)24(26)27/h3-10H,11H2,1-2H3. The van der Waals surface area contributed by atoms with E-state index in [4.69, 9.17) is 4.42 Å². The van der Waals surface area contributed by atoms with Gasteiger partial charge in [-0.05, 0) is 48.7 Å². The van der Waals surface area contributed by atoms with Crippen LogP contribution in [0.3, 0.4) is 0 Å². The maximum atomic E-state index is 13.2. The Balaban J connectivity index is 1.78. The van der Waals surface area contributed by atoms with Crippen molar-refractivity contribution in [2.45, 2.75) is 20.4 Å². The van der Waals surface area contributed by atoms with E-state index in [0.29, 0.717) is 5.13 Å². The fraction of sp³-hybridized carbons (Fsp3) is 0.150. The number of nitro groups is 1. The maximum absolute atomic E-state index is 13.2. The molecular weight excluding hydrogens is 392 g/mol. The number of benzene rings is 1. The Bertz CT molecular complexity index is 1220. The second-order valence-electron chi connectivity index (χ2n) is 6.57. The molecule has 0 bridgehead atoms. The lowest BCUT2D eigenvalue weighted by molar-refractivity contribution is -0.402. The summed E-state index contributed by atoms with van der Waals surface area (Å²) < 4.78 is 6.12. The van der Waals surface area contributed by atoms with Gasteiger partial charge in [-0.1, -0.05) is 23.5 Å². The van der Waals surface area contributed by atoms with E-state index in [1.165, 1.54) is 28.4 Å². The van der Waals surface area contributed by atoms with Crippen LogP contribution >= 0.6 is 11.3 Å². The second kappa shape index (κ2) is 7.44. The van der Waals surface area contributed by atoms with Gasteiger partial charge in [-0.3, -0.25) is 24.8 Å². The van der Waals surface area contributed by atoms with Crippen molar-refractivity contribution in [1.82, 2.24) is 9.97 Å². The molecule has 3 aromatic heterocycles. The number of aromatic nitrogens is 2. The Hall–Kier alpha value is -3.59. The number of thiazole rings is 1. The lowest BCUT2D eigenvalue weighted by Crippen LogP contribution is -2.30. The first-order valence-corrected chi connectivity index (χ1v) is 9.57. The van der Waals surface area contributed by atoms with Gasteiger partial charge in [0.1, 0.15) is 4.92 Å². The van der Waals surface area contributed by atoms with Gasteiger partial charge >= 0.3 is 5.88 Å². The molecule has 9 heteroatoms. The van der Waals surface area contributed by atoms with Crippen LogP contribution in [0.25, 0.3) is 10.2 Å². The topological polar surface area (TPSA) is 102 Å². The van der Waals surface area contributed by atoms with Gasteiger partial charge in [-0.25, -0.2) is 4.98 Å². The third-order valence-corrected chi connectivity index (χ3v) is 5.56. The minimum absolute atomic E-state index is 0.118. The summed E-state index contributed by atoms with van der Waals surface area (Å²) >= 11 is 1.39. The number of carbonyl (C=O) groups excluding carboxylic acids is 1. The van der Waals surface area contributed by atoms with E-state index in [9.17, 15) is 14.9 Å². The third-order valence-electron chi connectivity index (χ3n) is 4.33. The first-order chi connectivity index (χ1) is 13.9. The number of anilines is 1. The molecular formula is C20H16N4O4S. The number of fused-ring (bicyclic) bond motifs is 1. The monoisotopic (exact) mass is 408 g/mol. The van der Waals surface area contributed by atoms with E-state index in [1.54, 1.807) is 18.5 Å². The number of amides is 1. The van der Waals surface area contributed by atoms with Crippen molar-refractivity contribution in [2.24, 2.45) is 0 Å². The van der Waals surface area contributed by atoms with Crippen molar-refractivity contribution in [3.05, 3.63) is 81.4 Å². The lowest BCUT2D eigenvalue weighted by Gasteiger charge is -2.18. The average Bonchev–Trinajstić information content (AvgIpc) is 3.34. The van der Waals surface area contributed by atoms with Crippen molar-refractivity contribution in [3.63, 3.8) is 0 Å². The molecule has 3 heterocycles. The van der Waals surface area contributed by atoms with Gasteiger partial charge in [0.2, 0.25) is 0 Å². The lowest BCUT2D eigenvalue weighted by atomic mass is 10.1. The number of aryl methyl sites for hydroxylation is 2. The zero-order valence-corrected chi connectivity index (χ0v) is 16.5. The summed E-state index contributed by atoms with van der Waals surface area (Å²) in [6.07, 6.45) is 3.31. The Kier molecular flexibility index (Phi) is 4.81. The number of carbonyl (C=O) groups is 1. The summed E-state index contributed by atoms with van der Waals surface area (Å²) in [5.74, 6) is -1.10. The minimum atomic E-state index is -0.675. The van der Waals surface area contributed by atoms with E-state index >= 15 is 0 Å². The summed E-state index contributed by atoms with van der Waals surface area (Å²) in [6, 6.07) is 10.1. The zero-order valence-electron chi connectivity index (χ0n) is 15.7. The summed E-state index contributed by atoms with van der Waals surface area (Å²) in [4.78, 5) is 33.6. The van der Waals surface area contributed by atoms with Gasteiger partial charge in [0.15, 0.2) is 10.9 Å². The van der Waals surface area contributed by atoms with Crippen molar-refractivity contribution in [3.8, 4) is 0 Å². The molecule has 4 rings (SSSR count). The maximum Gasteiger partial charge on any atom is 0.433 e. The van der Waals surface area contributed by atoms with Crippen LogP contribution in [0, 0.1) is 24.0 Å². The fourth-order valence-corrected chi connectivity index (χ4v) is 4.07. The number of rotatable bonds is 5. The molecule has 0 aliphatic heterocycles. The number of pyridine rings is 1. The van der Waals surface area contributed by atoms with Gasteiger partial charge in [0.05, 0.1) is 22.8 Å². The van der Waals surface area contributed by atoms with Crippen LogP contribution in [0.15, 0.2) is 53.2 Å². The molecule has 0 fully saturated rings. The van der Waals surface area contributed by atoms with Gasteiger partial charge in [0, 0.05) is 12.4 Å². The van der Waals surface area contributed by atoms with E-state index in [-0.39, 0.29) is 12.3 Å². The average molecular weight is 408 g/mol. The Labute approximate surface area is 169 Å². The number of hydrogen-bond donors (Lipinski definition) is 0. The normalized spacial score (nSPS) is 11.0. The van der Waals surface area contributed by atoms with Crippen molar-refractivity contribution in [2.75, 3.05) is 4.90 Å². The smallest absolute Gasteiger partial charge is 0.395 e. The molecule has 4 aromatic rings. The summed E-state index contributed by atoms with van der Waals surface area (Å²) in [6.45, 7) is 4.20. The number of furan rings is 1. The quantitative estimate of drug-likeness (QED) is 0.352. The molecule has 8 nitrogen and oxygen atoms in total. The van der Waals surface area contributed by atoms with Crippen LogP contribution in [0.2, 0.25) is 0 Å². The van der Waals surface area contributed by atoms with Crippen LogP contribution < -0.4 is 4.90 Å². The van der Waals surface area contributed by atoms with Gasteiger partial charge in [0.25, 0.3) is 5.91 Å². The van der Waals surface area contributed by atoms with Crippen LogP contribution in [0.1, 0.15) is 27.2 Å². The molecule has 1 aromatic carbocycles. The highest BCUT2D eigenvalue weighted by molar-refractivity contribution is 7.22. The van der Waals surface area contributed by atoms with Gasteiger partial charge in [-0.15, -0.1) is 0 Å². The molecule has 0 radical (unpaired) electrons. The summed E-state index contributed by atoms with van der Waals surface area (Å²) in [5.41, 5.74) is 3.76. The van der Waals surface area contributed by atoms with Crippen molar-refractivity contribution >= 4 is 38.5 Å². The number of nitrogens with zero attached hydrogens (tertiary/aromatic N) is 4. The molecule has 146 valence electrons. The van der Waals surface area contributed by atoms with Crippen LogP contribution in [-0.2, 0) is 6.54 Å². The Morgan fingerprint density at radius 1 is 1.28 bits per heavy atom. The zero-order chi connectivity index (χ0) is 20.5. The highest BCUT2D eigenvalue weighted by Gasteiger charge is 2.26. The molecule has 0 saturated heterocycles. The van der Waals surface area contributed by atoms with Gasteiger partial charge in [-0.2, -0.15) is 0 Å². The summed E-state index contributed by atoms with van der Waals surface area (Å²) in [7, 11) is 0. The molecule has 29 heavy (non-hydrogen) atoms. The molecule has 0 spiro atoms. The Morgan fingerprint density at radius 2 is 2.10 bits per heavy atom. The van der Waals surface area contributed by atoms with Crippen LogP contribution in [0.4, 0.5) is 11.0 Å². The highest BCUT2D eigenvalue weighted by atomic mass is 32.1. The predicted octanol–water partition coefficient (Wildman–Crippen LogP) is 4.66. The first kappa shape index (κ1) is 18.8. The molecule has 0 aliphatic carbocycles. The molecule has 1 amide bonds. The first-order valence-electron chi connectivity index (χ1n) is 8.75. The van der Waals surface area contributed by atoms with E-state index < -0.39 is 16.7 Å². The minimum Gasteiger partial charge on any atom is -0.395 e. The van der Waals surface area contributed by atoms with Crippen LogP contribution in [-0.4, -0.2) is 20.8 Å². The van der Waals surface area contributed by atoms with E-state index in [2.05, 4.69) is 16.0 Å². The molecule has 0 unspecified atom stereocenters. The summed E-state index contributed by atoms with van der Waals surface area (Å²) in [5, 5.41) is 11.4. The fourth-order valence-electron chi connectivity index (χ4n) is 3.05. The predicted molar refractivity (Wildman–Crippen MR) is 109 cm³/mol. The van der Waals surface area contributed by atoms with Crippen molar-refractivity contribution in [1.29, 1.82) is 0 Å². The third kappa shape index (κ3) is 3.72. The molecule has 0 aliphatic rings.